The SMILES string of the molecule is O=C(CNCCc1ccc(Br)s1)NC1CC1. The van der Waals surface area contributed by atoms with E-state index >= 15 is 0 Å². The van der Waals surface area contributed by atoms with Crippen molar-refractivity contribution in [3.8, 4) is 0 Å². The average molecular weight is 303 g/mol. The number of nitrogens with one attached hydrogen (secondary N) is 2. The summed E-state index contributed by atoms with van der Waals surface area (Å²) in [5.74, 6) is 0.120. The molecule has 5 heteroatoms. The van der Waals surface area contributed by atoms with Crippen LogP contribution in [0.5, 0.6) is 0 Å². The van der Waals surface area contributed by atoms with Gasteiger partial charge >= 0.3 is 0 Å². The summed E-state index contributed by atoms with van der Waals surface area (Å²) in [5.41, 5.74) is 0. The minimum atomic E-state index is 0.120. The molecule has 1 saturated carbocycles. The van der Waals surface area contributed by atoms with Crippen LogP contribution < -0.4 is 10.6 Å². The summed E-state index contributed by atoms with van der Waals surface area (Å²) in [7, 11) is 0. The maximum atomic E-state index is 11.3. The van der Waals surface area contributed by atoms with E-state index in [4.69, 9.17) is 0 Å². The molecule has 1 fully saturated rings. The minimum absolute atomic E-state index is 0.120. The highest BCUT2D eigenvalue weighted by molar-refractivity contribution is 9.11. The summed E-state index contributed by atoms with van der Waals surface area (Å²) < 4.78 is 1.16. The second-order valence-electron chi connectivity index (χ2n) is 3.97. The van der Waals surface area contributed by atoms with Crippen molar-refractivity contribution >= 4 is 33.2 Å². The molecule has 88 valence electrons. The van der Waals surface area contributed by atoms with E-state index in [9.17, 15) is 4.79 Å². The molecular weight excluding hydrogens is 288 g/mol. The number of carbonyl (C=O) groups is 1. The molecule has 1 aromatic heterocycles. The highest BCUT2D eigenvalue weighted by atomic mass is 79.9. The maximum absolute atomic E-state index is 11.3. The molecule has 0 radical (unpaired) electrons. The van der Waals surface area contributed by atoms with E-state index in [1.807, 2.05) is 0 Å². The summed E-state index contributed by atoms with van der Waals surface area (Å²) in [6.45, 7) is 1.29. The van der Waals surface area contributed by atoms with Crippen LogP contribution in [0.4, 0.5) is 0 Å². The monoisotopic (exact) mass is 302 g/mol. The fourth-order valence-corrected chi connectivity index (χ4v) is 2.89. The van der Waals surface area contributed by atoms with Gasteiger partial charge in [-0.2, -0.15) is 0 Å². The number of carbonyl (C=O) groups excluding carboxylic acids is 1. The zero-order valence-electron chi connectivity index (χ0n) is 8.96. The second-order valence-corrected chi connectivity index (χ2v) is 6.52. The third kappa shape index (κ3) is 4.23. The van der Waals surface area contributed by atoms with Gasteiger partial charge in [0.05, 0.1) is 10.3 Å². The summed E-state index contributed by atoms with van der Waals surface area (Å²) in [6.07, 6.45) is 3.27. The molecule has 0 atom stereocenters. The van der Waals surface area contributed by atoms with Crippen molar-refractivity contribution in [2.75, 3.05) is 13.1 Å². The van der Waals surface area contributed by atoms with Gasteiger partial charge in [0.1, 0.15) is 0 Å². The van der Waals surface area contributed by atoms with Crippen LogP contribution in [0.25, 0.3) is 0 Å². The number of halogens is 1. The van der Waals surface area contributed by atoms with Crippen molar-refractivity contribution in [3.63, 3.8) is 0 Å². The van der Waals surface area contributed by atoms with Gasteiger partial charge < -0.3 is 10.6 Å². The third-order valence-electron chi connectivity index (χ3n) is 2.41. The zero-order valence-corrected chi connectivity index (χ0v) is 11.4. The Morgan fingerprint density at radius 1 is 1.50 bits per heavy atom. The quantitative estimate of drug-likeness (QED) is 0.788. The molecule has 1 aromatic rings. The van der Waals surface area contributed by atoms with Gasteiger partial charge in [-0.1, -0.05) is 0 Å². The van der Waals surface area contributed by atoms with Crippen LogP contribution in [0.15, 0.2) is 15.9 Å². The van der Waals surface area contributed by atoms with Crippen LogP contribution in [-0.4, -0.2) is 25.0 Å². The third-order valence-corrected chi connectivity index (χ3v) is 4.09. The molecule has 0 saturated heterocycles. The normalized spacial score (nSPS) is 15.1. The molecule has 1 heterocycles. The Bertz CT molecular complexity index is 363. The Hall–Kier alpha value is -0.390. The van der Waals surface area contributed by atoms with E-state index in [0.29, 0.717) is 12.6 Å². The molecule has 2 rings (SSSR count). The number of amides is 1. The first kappa shape index (κ1) is 12.1. The average Bonchev–Trinajstić information content (AvgIpc) is 2.95. The van der Waals surface area contributed by atoms with Crippen molar-refractivity contribution in [3.05, 3.63) is 20.8 Å². The number of hydrogen-bond acceptors (Lipinski definition) is 3. The van der Waals surface area contributed by atoms with Crippen molar-refractivity contribution in [2.45, 2.75) is 25.3 Å². The van der Waals surface area contributed by atoms with Gasteiger partial charge in [0.2, 0.25) is 5.91 Å². The largest absolute Gasteiger partial charge is 0.352 e. The minimum Gasteiger partial charge on any atom is -0.352 e. The van der Waals surface area contributed by atoms with Crippen molar-refractivity contribution in [1.82, 2.24) is 10.6 Å². The van der Waals surface area contributed by atoms with Crippen LogP contribution in [0.3, 0.4) is 0 Å². The van der Waals surface area contributed by atoms with Crippen molar-refractivity contribution in [2.24, 2.45) is 0 Å². The van der Waals surface area contributed by atoms with Gasteiger partial charge in [-0.3, -0.25) is 4.79 Å². The lowest BCUT2D eigenvalue weighted by atomic mass is 10.3. The summed E-state index contributed by atoms with van der Waals surface area (Å²) in [6, 6.07) is 4.63. The predicted molar refractivity (Wildman–Crippen MR) is 69.8 cm³/mol. The molecule has 0 aromatic carbocycles. The Balaban J connectivity index is 1.55. The first-order valence-electron chi connectivity index (χ1n) is 5.48. The Morgan fingerprint density at radius 3 is 2.94 bits per heavy atom. The molecule has 1 aliphatic carbocycles. The lowest BCUT2D eigenvalue weighted by Crippen LogP contribution is -2.35. The Kier molecular flexibility index (Phi) is 4.37. The van der Waals surface area contributed by atoms with Gasteiger partial charge in [0.25, 0.3) is 0 Å². The van der Waals surface area contributed by atoms with Crippen LogP contribution in [0, 0.1) is 0 Å². The van der Waals surface area contributed by atoms with E-state index in [-0.39, 0.29) is 5.91 Å². The van der Waals surface area contributed by atoms with Crippen LogP contribution in [0.2, 0.25) is 0 Å². The molecule has 2 N–H and O–H groups in total. The molecule has 0 unspecified atom stereocenters. The van der Waals surface area contributed by atoms with E-state index < -0.39 is 0 Å². The van der Waals surface area contributed by atoms with Gasteiger partial charge in [-0.05, 0) is 47.3 Å². The number of rotatable bonds is 6. The summed E-state index contributed by atoms with van der Waals surface area (Å²) >= 11 is 5.18. The lowest BCUT2D eigenvalue weighted by molar-refractivity contribution is -0.120. The smallest absolute Gasteiger partial charge is 0.234 e. The molecule has 1 amide bonds. The lowest BCUT2D eigenvalue weighted by Gasteiger charge is -2.04. The van der Waals surface area contributed by atoms with E-state index in [1.54, 1.807) is 11.3 Å². The molecular formula is C11H15BrN2OS. The maximum Gasteiger partial charge on any atom is 0.234 e. The van der Waals surface area contributed by atoms with Crippen LogP contribution in [0.1, 0.15) is 17.7 Å². The summed E-state index contributed by atoms with van der Waals surface area (Å²) in [5, 5.41) is 6.11. The predicted octanol–water partition coefficient (Wildman–Crippen LogP) is 1.92. The first-order valence-corrected chi connectivity index (χ1v) is 7.09. The van der Waals surface area contributed by atoms with Crippen molar-refractivity contribution in [1.29, 1.82) is 0 Å². The number of thiophene rings is 1. The molecule has 0 bridgehead atoms. The van der Waals surface area contributed by atoms with Gasteiger partial charge in [0, 0.05) is 17.5 Å². The number of hydrogen-bond donors (Lipinski definition) is 2. The Labute approximate surface area is 108 Å². The summed E-state index contributed by atoms with van der Waals surface area (Å²) in [4.78, 5) is 12.7. The van der Waals surface area contributed by atoms with Crippen molar-refractivity contribution < 1.29 is 4.79 Å². The molecule has 0 spiro atoms. The molecule has 0 aliphatic heterocycles. The Morgan fingerprint density at radius 2 is 2.31 bits per heavy atom. The molecule has 1 aliphatic rings. The van der Waals surface area contributed by atoms with Crippen LogP contribution >= 0.6 is 27.3 Å². The molecule has 16 heavy (non-hydrogen) atoms. The fourth-order valence-electron chi connectivity index (χ4n) is 1.41. The van der Waals surface area contributed by atoms with E-state index in [1.165, 1.54) is 4.88 Å². The highest BCUT2D eigenvalue weighted by Crippen LogP contribution is 2.22. The zero-order chi connectivity index (χ0) is 11.4. The fraction of sp³-hybridized carbons (Fsp3) is 0.545. The second kappa shape index (κ2) is 5.80. The topological polar surface area (TPSA) is 41.1 Å². The van der Waals surface area contributed by atoms with Gasteiger partial charge in [-0.15, -0.1) is 11.3 Å². The van der Waals surface area contributed by atoms with Gasteiger partial charge in [0.15, 0.2) is 0 Å². The van der Waals surface area contributed by atoms with Gasteiger partial charge in [-0.25, -0.2) is 0 Å². The highest BCUT2D eigenvalue weighted by Gasteiger charge is 2.22. The van der Waals surface area contributed by atoms with E-state index in [0.717, 1.165) is 29.6 Å². The molecule has 3 nitrogen and oxygen atoms in total. The standard InChI is InChI=1S/C11H15BrN2OS/c12-10-4-3-9(16-10)5-6-13-7-11(15)14-8-1-2-8/h3-4,8,13H,1-2,5-7H2,(H,14,15). The van der Waals surface area contributed by atoms with E-state index in [2.05, 4.69) is 38.7 Å². The van der Waals surface area contributed by atoms with Crippen LogP contribution in [-0.2, 0) is 11.2 Å². The first-order chi connectivity index (χ1) is 7.74.